The summed E-state index contributed by atoms with van der Waals surface area (Å²) in [6.07, 6.45) is 9.66. The van der Waals surface area contributed by atoms with Gasteiger partial charge in [0.25, 0.3) is 0 Å². The summed E-state index contributed by atoms with van der Waals surface area (Å²) in [7, 11) is 2.11. The lowest BCUT2D eigenvalue weighted by Crippen LogP contribution is -2.32. The molecule has 3 heteroatoms. The number of aliphatic hydroxyl groups is 1. The first kappa shape index (κ1) is 12.4. The molecule has 17 heavy (non-hydrogen) atoms. The Labute approximate surface area is 103 Å². The van der Waals surface area contributed by atoms with Crippen LogP contribution in [0.2, 0.25) is 0 Å². The summed E-state index contributed by atoms with van der Waals surface area (Å²) < 4.78 is 0. The summed E-state index contributed by atoms with van der Waals surface area (Å²) in [5.41, 5.74) is 0.930. The summed E-state index contributed by atoms with van der Waals surface area (Å²) >= 11 is 0. The lowest BCUT2D eigenvalue weighted by Gasteiger charge is -2.29. The van der Waals surface area contributed by atoms with Crippen LogP contribution in [0.3, 0.4) is 0 Å². The third-order valence-corrected chi connectivity index (χ3v) is 3.74. The van der Waals surface area contributed by atoms with Crippen LogP contribution in [0.5, 0.6) is 0 Å². The van der Waals surface area contributed by atoms with Crippen molar-refractivity contribution < 1.29 is 5.11 Å². The van der Waals surface area contributed by atoms with Crippen molar-refractivity contribution in [2.75, 3.05) is 11.9 Å². The highest BCUT2D eigenvalue weighted by atomic mass is 16.3. The third-order valence-electron chi connectivity index (χ3n) is 3.74. The molecule has 0 spiro atoms. The predicted molar refractivity (Wildman–Crippen MR) is 70.1 cm³/mol. The number of rotatable bonds is 3. The quantitative estimate of drug-likeness (QED) is 0.817. The second-order valence-corrected chi connectivity index (χ2v) is 4.90. The van der Waals surface area contributed by atoms with Gasteiger partial charge in [0.1, 0.15) is 5.82 Å². The fourth-order valence-corrected chi connectivity index (χ4v) is 2.69. The maximum absolute atomic E-state index is 9.35. The largest absolute Gasteiger partial charge is 0.392 e. The Hall–Kier alpha value is -1.09. The van der Waals surface area contributed by atoms with E-state index in [1.165, 1.54) is 38.5 Å². The first-order chi connectivity index (χ1) is 8.33. The number of nitrogens with zero attached hydrogens (tertiary/aromatic N) is 2. The molecule has 0 radical (unpaired) electrons. The smallest absolute Gasteiger partial charge is 0.134 e. The number of aromatic nitrogens is 1. The van der Waals surface area contributed by atoms with Gasteiger partial charge in [0.05, 0.1) is 6.61 Å². The summed E-state index contributed by atoms with van der Waals surface area (Å²) in [6, 6.07) is 4.42. The van der Waals surface area contributed by atoms with E-state index in [9.17, 15) is 5.11 Å². The Morgan fingerprint density at radius 2 is 2.00 bits per heavy atom. The second-order valence-electron chi connectivity index (χ2n) is 4.90. The van der Waals surface area contributed by atoms with Crippen LogP contribution >= 0.6 is 0 Å². The standard InChI is InChI=1S/C14H22N2O/c1-16(13-8-4-2-3-5-9-13)14-12(11-17)7-6-10-15-14/h6-7,10,13,17H,2-5,8-9,11H2,1H3. The Bertz CT molecular complexity index is 346. The first-order valence-corrected chi connectivity index (χ1v) is 6.60. The van der Waals surface area contributed by atoms with E-state index < -0.39 is 0 Å². The zero-order valence-electron chi connectivity index (χ0n) is 10.6. The van der Waals surface area contributed by atoms with Crippen molar-refractivity contribution in [1.82, 2.24) is 4.98 Å². The molecule has 0 unspecified atom stereocenters. The van der Waals surface area contributed by atoms with Crippen LogP contribution in [0.1, 0.15) is 44.1 Å². The van der Waals surface area contributed by atoms with Gasteiger partial charge in [-0.3, -0.25) is 0 Å². The molecule has 1 aliphatic rings. The molecule has 0 amide bonds. The molecule has 1 aliphatic carbocycles. The number of hydrogen-bond donors (Lipinski definition) is 1. The lowest BCUT2D eigenvalue weighted by molar-refractivity contribution is 0.281. The number of pyridine rings is 1. The summed E-state index contributed by atoms with van der Waals surface area (Å²) in [5, 5.41) is 9.35. The van der Waals surface area contributed by atoms with Gasteiger partial charge in [-0.2, -0.15) is 0 Å². The first-order valence-electron chi connectivity index (χ1n) is 6.60. The number of anilines is 1. The van der Waals surface area contributed by atoms with Gasteiger partial charge in [0.15, 0.2) is 0 Å². The molecule has 1 fully saturated rings. The van der Waals surface area contributed by atoms with Gasteiger partial charge in [0, 0.05) is 24.8 Å². The Morgan fingerprint density at radius 1 is 1.29 bits per heavy atom. The second kappa shape index (κ2) is 6.01. The van der Waals surface area contributed by atoms with Gasteiger partial charge >= 0.3 is 0 Å². The van der Waals surface area contributed by atoms with Crippen LogP contribution in [0, 0.1) is 0 Å². The van der Waals surface area contributed by atoms with Crippen LogP contribution in [0.15, 0.2) is 18.3 Å². The SMILES string of the molecule is CN(c1ncccc1CO)C1CCCCCC1. The van der Waals surface area contributed by atoms with Crippen molar-refractivity contribution in [2.45, 2.75) is 51.2 Å². The normalized spacial score (nSPS) is 17.8. The number of aliphatic hydroxyl groups excluding tert-OH is 1. The molecular weight excluding hydrogens is 212 g/mol. The molecule has 1 heterocycles. The highest BCUT2D eigenvalue weighted by Gasteiger charge is 2.19. The molecule has 94 valence electrons. The zero-order valence-corrected chi connectivity index (χ0v) is 10.6. The highest BCUT2D eigenvalue weighted by Crippen LogP contribution is 2.26. The molecule has 1 aromatic heterocycles. The van der Waals surface area contributed by atoms with E-state index in [0.717, 1.165) is 11.4 Å². The van der Waals surface area contributed by atoms with E-state index in [1.807, 2.05) is 18.3 Å². The fourth-order valence-electron chi connectivity index (χ4n) is 2.69. The summed E-state index contributed by atoms with van der Waals surface area (Å²) in [4.78, 5) is 6.68. The molecule has 0 aliphatic heterocycles. The van der Waals surface area contributed by atoms with Crippen LogP contribution in [-0.4, -0.2) is 23.2 Å². The minimum Gasteiger partial charge on any atom is -0.392 e. The van der Waals surface area contributed by atoms with E-state index in [1.54, 1.807) is 0 Å². The van der Waals surface area contributed by atoms with E-state index in [0.29, 0.717) is 6.04 Å². The van der Waals surface area contributed by atoms with Gasteiger partial charge in [0.2, 0.25) is 0 Å². The minimum atomic E-state index is 0.0697. The van der Waals surface area contributed by atoms with Gasteiger partial charge in [-0.15, -0.1) is 0 Å². The predicted octanol–water partition coefficient (Wildman–Crippen LogP) is 2.73. The lowest BCUT2D eigenvalue weighted by atomic mass is 10.1. The van der Waals surface area contributed by atoms with Crippen molar-refractivity contribution in [1.29, 1.82) is 0 Å². The van der Waals surface area contributed by atoms with Crippen molar-refractivity contribution >= 4 is 5.82 Å². The van der Waals surface area contributed by atoms with Crippen molar-refractivity contribution in [3.63, 3.8) is 0 Å². The molecular formula is C14H22N2O. The van der Waals surface area contributed by atoms with Crippen molar-refractivity contribution in [3.05, 3.63) is 23.9 Å². The van der Waals surface area contributed by atoms with E-state index >= 15 is 0 Å². The molecule has 0 saturated heterocycles. The third kappa shape index (κ3) is 2.97. The molecule has 0 bridgehead atoms. The summed E-state index contributed by atoms with van der Waals surface area (Å²) in [5.74, 6) is 0.946. The Kier molecular flexibility index (Phi) is 4.37. The van der Waals surface area contributed by atoms with E-state index in [4.69, 9.17) is 0 Å². The highest BCUT2D eigenvalue weighted by molar-refractivity contribution is 5.46. The van der Waals surface area contributed by atoms with Crippen LogP contribution in [0.4, 0.5) is 5.82 Å². The average molecular weight is 234 g/mol. The van der Waals surface area contributed by atoms with Crippen LogP contribution < -0.4 is 4.90 Å². The van der Waals surface area contributed by atoms with Gasteiger partial charge < -0.3 is 10.0 Å². The zero-order chi connectivity index (χ0) is 12.1. The molecule has 0 aromatic carbocycles. The number of hydrogen-bond acceptors (Lipinski definition) is 3. The topological polar surface area (TPSA) is 36.4 Å². The molecule has 1 aromatic rings. The monoisotopic (exact) mass is 234 g/mol. The molecule has 1 saturated carbocycles. The van der Waals surface area contributed by atoms with Gasteiger partial charge in [-0.1, -0.05) is 31.7 Å². The Morgan fingerprint density at radius 3 is 2.65 bits per heavy atom. The van der Waals surface area contributed by atoms with Gasteiger partial charge in [-0.05, 0) is 18.9 Å². The van der Waals surface area contributed by atoms with Crippen molar-refractivity contribution in [2.24, 2.45) is 0 Å². The summed E-state index contributed by atoms with van der Waals surface area (Å²) in [6.45, 7) is 0.0697. The molecule has 2 rings (SSSR count). The maximum Gasteiger partial charge on any atom is 0.134 e. The molecule has 0 atom stereocenters. The van der Waals surface area contributed by atoms with Gasteiger partial charge in [-0.25, -0.2) is 4.98 Å². The van der Waals surface area contributed by atoms with E-state index in [-0.39, 0.29) is 6.61 Å². The van der Waals surface area contributed by atoms with Crippen molar-refractivity contribution in [3.8, 4) is 0 Å². The maximum atomic E-state index is 9.35. The average Bonchev–Trinajstić information content (AvgIpc) is 2.66. The van der Waals surface area contributed by atoms with Crippen LogP contribution in [0.25, 0.3) is 0 Å². The van der Waals surface area contributed by atoms with Crippen LogP contribution in [-0.2, 0) is 6.61 Å². The van der Waals surface area contributed by atoms with E-state index in [2.05, 4.69) is 16.9 Å². The fraction of sp³-hybridized carbons (Fsp3) is 0.643. The molecule has 1 N–H and O–H groups in total. The Balaban J connectivity index is 2.14. The molecule has 3 nitrogen and oxygen atoms in total. The minimum absolute atomic E-state index is 0.0697.